The molecular formula is C14H8FNO2. The van der Waals surface area contributed by atoms with Crippen molar-refractivity contribution in [2.45, 2.75) is 0 Å². The fourth-order valence-electron chi connectivity index (χ4n) is 1.78. The summed E-state index contributed by atoms with van der Waals surface area (Å²) < 4.78 is 18.4. The van der Waals surface area contributed by atoms with Gasteiger partial charge >= 0.3 is 0 Å². The average molecular weight is 241 g/mol. The molecule has 0 aliphatic rings. The van der Waals surface area contributed by atoms with Gasteiger partial charge in [0.1, 0.15) is 11.3 Å². The molecule has 0 amide bonds. The van der Waals surface area contributed by atoms with E-state index in [0.29, 0.717) is 28.1 Å². The molecule has 1 heterocycles. The Morgan fingerprint density at radius 3 is 2.61 bits per heavy atom. The van der Waals surface area contributed by atoms with Crippen molar-refractivity contribution in [2.75, 3.05) is 0 Å². The van der Waals surface area contributed by atoms with Gasteiger partial charge in [0, 0.05) is 11.1 Å². The molecule has 0 bridgehead atoms. The molecule has 0 unspecified atom stereocenters. The van der Waals surface area contributed by atoms with Crippen molar-refractivity contribution in [1.82, 2.24) is 4.98 Å². The smallest absolute Gasteiger partial charge is 0.227 e. The lowest BCUT2D eigenvalue weighted by atomic mass is 10.2. The first-order chi connectivity index (χ1) is 8.78. The molecule has 3 aromatic rings. The van der Waals surface area contributed by atoms with Crippen molar-refractivity contribution in [3.63, 3.8) is 0 Å². The molecule has 0 aliphatic heterocycles. The van der Waals surface area contributed by atoms with Crippen molar-refractivity contribution in [3.05, 3.63) is 53.8 Å². The van der Waals surface area contributed by atoms with Crippen molar-refractivity contribution < 1.29 is 13.6 Å². The van der Waals surface area contributed by atoms with Crippen LogP contribution in [0.3, 0.4) is 0 Å². The first-order valence-electron chi connectivity index (χ1n) is 5.38. The molecule has 0 N–H and O–H groups in total. The second-order valence-electron chi connectivity index (χ2n) is 3.84. The SMILES string of the molecule is O=Cc1cccc2oc(-c3ccc(F)cc3)nc12. The lowest BCUT2D eigenvalue weighted by Gasteiger charge is -1.93. The second-order valence-corrected chi connectivity index (χ2v) is 3.84. The van der Waals surface area contributed by atoms with E-state index in [2.05, 4.69) is 4.98 Å². The summed E-state index contributed by atoms with van der Waals surface area (Å²) in [4.78, 5) is 15.1. The predicted octanol–water partition coefficient (Wildman–Crippen LogP) is 3.45. The van der Waals surface area contributed by atoms with Crippen LogP contribution in [-0.2, 0) is 0 Å². The van der Waals surface area contributed by atoms with Crippen LogP contribution in [0.5, 0.6) is 0 Å². The molecule has 3 rings (SSSR count). The molecule has 0 fully saturated rings. The van der Waals surface area contributed by atoms with Gasteiger partial charge in [-0.05, 0) is 36.4 Å². The number of hydrogen-bond donors (Lipinski definition) is 0. The lowest BCUT2D eigenvalue weighted by Crippen LogP contribution is -1.82. The van der Waals surface area contributed by atoms with Crippen LogP contribution < -0.4 is 0 Å². The van der Waals surface area contributed by atoms with Crippen LogP contribution in [-0.4, -0.2) is 11.3 Å². The van der Waals surface area contributed by atoms with Crippen LogP contribution in [0.4, 0.5) is 4.39 Å². The van der Waals surface area contributed by atoms with Gasteiger partial charge < -0.3 is 4.42 Å². The summed E-state index contributed by atoms with van der Waals surface area (Å²) in [5.41, 5.74) is 2.21. The molecule has 3 nitrogen and oxygen atoms in total. The summed E-state index contributed by atoms with van der Waals surface area (Å²) in [6.45, 7) is 0. The highest BCUT2D eigenvalue weighted by Gasteiger charge is 2.10. The molecule has 0 radical (unpaired) electrons. The number of halogens is 1. The van der Waals surface area contributed by atoms with Gasteiger partial charge in [0.25, 0.3) is 0 Å². The fourth-order valence-corrected chi connectivity index (χ4v) is 1.78. The maximum Gasteiger partial charge on any atom is 0.227 e. The zero-order valence-electron chi connectivity index (χ0n) is 9.26. The molecule has 1 aromatic heterocycles. The number of benzene rings is 2. The minimum absolute atomic E-state index is 0.316. The zero-order valence-corrected chi connectivity index (χ0v) is 9.26. The first-order valence-corrected chi connectivity index (χ1v) is 5.38. The van der Waals surface area contributed by atoms with E-state index in [1.807, 2.05) is 0 Å². The van der Waals surface area contributed by atoms with Gasteiger partial charge in [-0.15, -0.1) is 0 Å². The molecular weight excluding hydrogens is 233 g/mol. The zero-order chi connectivity index (χ0) is 12.5. The van der Waals surface area contributed by atoms with Gasteiger partial charge in [0.05, 0.1) is 0 Å². The summed E-state index contributed by atoms with van der Waals surface area (Å²) in [7, 11) is 0. The van der Waals surface area contributed by atoms with Crippen LogP contribution >= 0.6 is 0 Å². The maximum absolute atomic E-state index is 12.8. The molecule has 88 valence electrons. The number of aldehydes is 1. The van der Waals surface area contributed by atoms with Gasteiger partial charge in [-0.2, -0.15) is 0 Å². The summed E-state index contributed by atoms with van der Waals surface area (Å²) in [6.07, 6.45) is 0.735. The number of hydrogen-bond acceptors (Lipinski definition) is 3. The summed E-state index contributed by atoms with van der Waals surface area (Å²) in [5, 5.41) is 0. The number of fused-ring (bicyclic) bond motifs is 1. The fraction of sp³-hybridized carbons (Fsp3) is 0. The standard InChI is InChI=1S/C14H8FNO2/c15-11-6-4-9(5-7-11)14-16-13-10(8-17)2-1-3-12(13)18-14/h1-8H. The Balaban J connectivity index is 2.19. The Morgan fingerprint density at radius 1 is 1.11 bits per heavy atom. The van der Waals surface area contributed by atoms with Crippen molar-refractivity contribution in [1.29, 1.82) is 0 Å². The van der Waals surface area contributed by atoms with E-state index in [-0.39, 0.29) is 5.82 Å². The van der Waals surface area contributed by atoms with E-state index in [4.69, 9.17) is 4.42 Å². The summed E-state index contributed by atoms with van der Waals surface area (Å²) >= 11 is 0. The second kappa shape index (κ2) is 4.07. The monoisotopic (exact) mass is 241 g/mol. The molecule has 4 heteroatoms. The minimum Gasteiger partial charge on any atom is -0.436 e. The molecule has 0 saturated carbocycles. The van der Waals surface area contributed by atoms with Gasteiger partial charge in [0.2, 0.25) is 5.89 Å². The Hall–Kier alpha value is -2.49. The highest BCUT2D eigenvalue weighted by Crippen LogP contribution is 2.25. The van der Waals surface area contributed by atoms with Crippen molar-refractivity contribution >= 4 is 17.4 Å². The Labute approximate surface area is 102 Å². The van der Waals surface area contributed by atoms with E-state index >= 15 is 0 Å². The number of aromatic nitrogens is 1. The lowest BCUT2D eigenvalue weighted by molar-refractivity contribution is 0.112. The number of carbonyl (C=O) groups excluding carboxylic acids is 1. The van der Waals surface area contributed by atoms with Crippen LogP contribution in [0, 0.1) is 5.82 Å². The number of oxazole rings is 1. The molecule has 0 saturated heterocycles. The van der Waals surface area contributed by atoms with Gasteiger partial charge in [0.15, 0.2) is 11.9 Å². The topological polar surface area (TPSA) is 43.1 Å². The summed E-state index contributed by atoms with van der Waals surface area (Å²) in [5.74, 6) is 0.0581. The normalized spacial score (nSPS) is 10.7. The molecule has 0 spiro atoms. The highest BCUT2D eigenvalue weighted by atomic mass is 19.1. The van der Waals surface area contributed by atoms with Gasteiger partial charge in [-0.1, -0.05) is 6.07 Å². The van der Waals surface area contributed by atoms with Crippen molar-refractivity contribution in [3.8, 4) is 11.5 Å². The van der Waals surface area contributed by atoms with E-state index in [1.165, 1.54) is 12.1 Å². The third kappa shape index (κ3) is 1.68. The number of carbonyl (C=O) groups is 1. The van der Waals surface area contributed by atoms with Crippen LogP contribution in [0.15, 0.2) is 46.9 Å². The van der Waals surface area contributed by atoms with E-state index in [1.54, 1.807) is 30.3 Å². The molecule has 2 aromatic carbocycles. The van der Waals surface area contributed by atoms with Gasteiger partial charge in [-0.25, -0.2) is 9.37 Å². The largest absolute Gasteiger partial charge is 0.436 e. The summed E-state index contributed by atoms with van der Waals surface area (Å²) in [6, 6.07) is 11.0. The van der Waals surface area contributed by atoms with Gasteiger partial charge in [-0.3, -0.25) is 4.79 Å². The Kier molecular flexibility index (Phi) is 2.41. The van der Waals surface area contributed by atoms with Crippen LogP contribution in [0.1, 0.15) is 10.4 Å². The molecule has 0 aliphatic carbocycles. The quantitative estimate of drug-likeness (QED) is 0.645. The minimum atomic E-state index is -0.316. The number of para-hydroxylation sites is 1. The Bertz CT molecular complexity index is 716. The van der Waals surface area contributed by atoms with E-state index in [9.17, 15) is 9.18 Å². The first kappa shape index (κ1) is 10.7. The highest BCUT2D eigenvalue weighted by molar-refractivity contribution is 5.94. The van der Waals surface area contributed by atoms with Crippen LogP contribution in [0.25, 0.3) is 22.6 Å². The predicted molar refractivity (Wildman–Crippen MR) is 64.8 cm³/mol. The third-order valence-corrected chi connectivity index (χ3v) is 2.67. The average Bonchev–Trinajstić information content (AvgIpc) is 2.83. The third-order valence-electron chi connectivity index (χ3n) is 2.67. The maximum atomic E-state index is 12.8. The van der Waals surface area contributed by atoms with E-state index < -0.39 is 0 Å². The van der Waals surface area contributed by atoms with Crippen LogP contribution in [0.2, 0.25) is 0 Å². The number of nitrogens with zero attached hydrogens (tertiary/aromatic N) is 1. The number of rotatable bonds is 2. The molecule has 0 atom stereocenters. The van der Waals surface area contributed by atoms with E-state index in [0.717, 1.165) is 6.29 Å². The van der Waals surface area contributed by atoms with Crippen molar-refractivity contribution in [2.24, 2.45) is 0 Å². The molecule has 18 heavy (non-hydrogen) atoms. The Morgan fingerprint density at radius 2 is 1.89 bits per heavy atom.